The van der Waals surface area contributed by atoms with E-state index in [1.165, 1.54) is 18.2 Å². The standard InChI is InChI=1S/C18H13ClFNO2/c1-11-10-12(20)6-7-15(11)21-18(22)17-9-8-16(23-17)13-4-2-3-5-14(13)19/h2-10H,1H3,(H,21,22). The summed E-state index contributed by atoms with van der Waals surface area (Å²) in [5, 5.41) is 3.25. The van der Waals surface area contributed by atoms with E-state index in [-0.39, 0.29) is 11.6 Å². The molecule has 0 aliphatic heterocycles. The Morgan fingerprint density at radius 3 is 2.65 bits per heavy atom. The Morgan fingerprint density at radius 2 is 1.91 bits per heavy atom. The molecule has 0 fully saturated rings. The molecule has 0 saturated carbocycles. The second-order valence-corrected chi connectivity index (χ2v) is 5.46. The van der Waals surface area contributed by atoms with E-state index in [1.54, 1.807) is 25.1 Å². The molecule has 1 heterocycles. The third-order valence-corrected chi connectivity index (χ3v) is 3.74. The number of halogens is 2. The van der Waals surface area contributed by atoms with Gasteiger partial charge < -0.3 is 9.73 Å². The Labute approximate surface area is 137 Å². The number of amides is 1. The Balaban J connectivity index is 1.83. The second kappa shape index (κ2) is 6.26. The average molecular weight is 330 g/mol. The molecule has 0 radical (unpaired) electrons. The van der Waals surface area contributed by atoms with Crippen molar-refractivity contribution >= 4 is 23.2 Å². The normalized spacial score (nSPS) is 10.6. The zero-order chi connectivity index (χ0) is 16.4. The van der Waals surface area contributed by atoms with Crippen molar-refractivity contribution in [1.82, 2.24) is 0 Å². The summed E-state index contributed by atoms with van der Waals surface area (Å²) in [7, 11) is 0. The Bertz CT molecular complexity index is 873. The molecule has 0 atom stereocenters. The van der Waals surface area contributed by atoms with Crippen LogP contribution in [-0.2, 0) is 0 Å². The van der Waals surface area contributed by atoms with Crippen LogP contribution in [0.2, 0.25) is 5.02 Å². The average Bonchev–Trinajstić information content (AvgIpc) is 3.00. The van der Waals surface area contributed by atoms with Gasteiger partial charge in [0, 0.05) is 11.3 Å². The topological polar surface area (TPSA) is 42.2 Å². The Hall–Kier alpha value is -2.59. The molecule has 0 bridgehead atoms. The quantitative estimate of drug-likeness (QED) is 0.708. The van der Waals surface area contributed by atoms with Crippen molar-refractivity contribution in [2.45, 2.75) is 6.92 Å². The first-order valence-electron chi connectivity index (χ1n) is 6.97. The zero-order valence-electron chi connectivity index (χ0n) is 12.3. The lowest BCUT2D eigenvalue weighted by atomic mass is 10.2. The van der Waals surface area contributed by atoms with Crippen molar-refractivity contribution in [1.29, 1.82) is 0 Å². The number of hydrogen-bond acceptors (Lipinski definition) is 2. The van der Waals surface area contributed by atoms with E-state index in [0.29, 0.717) is 27.6 Å². The fourth-order valence-electron chi connectivity index (χ4n) is 2.22. The minimum atomic E-state index is -0.405. The molecule has 0 spiro atoms. The Kier molecular flexibility index (Phi) is 4.17. The van der Waals surface area contributed by atoms with Crippen LogP contribution < -0.4 is 5.32 Å². The number of benzene rings is 2. The van der Waals surface area contributed by atoms with Gasteiger partial charge in [0.25, 0.3) is 5.91 Å². The van der Waals surface area contributed by atoms with Crippen LogP contribution in [0.5, 0.6) is 0 Å². The molecule has 3 aromatic rings. The largest absolute Gasteiger partial charge is 0.451 e. The maximum Gasteiger partial charge on any atom is 0.291 e. The van der Waals surface area contributed by atoms with E-state index >= 15 is 0 Å². The van der Waals surface area contributed by atoms with Crippen LogP contribution in [0.4, 0.5) is 10.1 Å². The lowest BCUT2D eigenvalue weighted by Gasteiger charge is -2.07. The van der Waals surface area contributed by atoms with Crippen LogP contribution in [-0.4, -0.2) is 5.91 Å². The van der Waals surface area contributed by atoms with E-state index in [1.807, 2.05) is 18.2 Å². The number of anilines is 1. The Morgan fingerprint density at radius 1 is 1.13 bits per heavy atom. The first kappa shape index (κ1) is 15.3. The predicted octanol–water partition coefficient (Wildman–Crippen LogP) is 5.30. The highest BCUT2D eigenvalue weighted by Crippen LogP contribution is 2.29. The number of furan rings is 1. The lowest BCUT2D eigenvalue weighted by Crippen LogP contribution is -2.11. The minimum Gasteiger partial charge on any atom is -0.451 e. The molecule has 1 amide bonds. The molecule has 116 valence electrons. The van der Waals surface area contributed by atoms with Crippen LogP contribution in [0.1, 0.15) is 16.1 Å². The van der Waals surface area contributed by atoms with Gasteiger partial charge in [0.2, 0.25) is 0 Å². The molecule has 0 aliphatic rings. The van der Waals surface area contributed by atoms with Gasteiger partial charge in [0.1, 0.15) is 11.6 Å². The van der Waals surface area contributed by atoms with Gasteiger partial charge in [-0.1, -0.05) is 23.7 Å². The maximum absolute atomic E-state index is 13.1. The van der Waals surface area contributed by atoms with Gasteiger partial charge in [-0.15, -0.1) is 0 Å². The molecule has 0 saturated heterocycles. The van der Waals surface area contributed by atoms with Gasteiger partial charge in [0.15, 0.2) is 5.76 Å². The first-order chi connectivity index (χ1) is 11.0. The van der Waals surface area contributed by atoms with Crippen LogP contribution in [0.15, 0.2) is 59.0 Å². The third kappa shape index (κ3) is 3.27. The number of nitrogens with one attached hydrogen (secondary N) is 1. The number of carbonyl (C=O) groups excluding carboxylic acids is 1. The highest BCUT2D eigenvalue weighted by Gasteiger charge is 2.14. The highest BCUT2D eigenvalue weighted by atomic mass is 35.5. The maximum atomic E-state index is 13.1. The van der Waals surface area contributed by atoms with Crippen molar-refractivity contribution in [3.8, 4) is 11.3 Å². The SMILES string of the molecule is Cc1cc(F)ccc1NC(=O)c1ccc(-c2ccccc2Cl)o1. The van der Waals surface area contributed by atoms with Gasteiger partial charge in [-0.3, -0.25) is 4.79 Å². The monoisotopic (exact) mass is 329 g/mol. The fourth-order valence-corrected chi connectivity index (χ4v) is 2.45. The number of carbonyl (C=O) groups is 1. The molecular weight excluding hydrogens is 317 g/mol. The molecular formula is C18H13ClFNO2. The first-order valence-corrected chi connectivity index (χ1v) is 7.34. The van der Waals surface area contributed by atoms with E-state index in [0.717, 1.165) is 0 Å². The molecule has 0 unspecified atom stereocenters. The molecule has 1 aromatic heterocycles. The molecule has 23 heavy (non-hydrogen) atoms. The molecule has 3 rings (SSSR count). The molecule has 0 aliphatic carbocycles. The van der Waals surface area contributed by atoms with Gasteiger partial charge in [-0.25, -0.2) is 4.39 Å². The van der Waals surface area contributed by atoms with Crippen molar-refractivity contribution in [2.24, 2.45) is 0 Å². The highest BCUT2D eigenvalue weighted by molar-refractivity contribution is 6.33. The van der Waals surface area contributed by atoms with E-state index in [9.17, 15) is 9.18 Å². The van der Waals surface area contributed by atoms with Crippen LogP contribution in [0.3, 0.4) is 0 Å². The minimum absolute atomic E-state index is 0.156. The summed E-state index contributed by atoms with van der Waals surface area (Å²) in [6.07, 6.45) is 0. The van der Waals surface area contributed by atoms with Crippen molar-refractivity contribution < 1.29 is 13.6 Å². The van der Waals surface area contributed by atoms with Crippen LogP contribution >= 0.6 is 11.6 Å². The molecule has 3 nitrogen and oxygen atoms in total. The van der Waals surface area contributed by atoms with Crippen molar-refractivity contribution in [3.63, 3.8) is 0 Å². The zero-order valence-corrected chi connectivity index (χ0v) is 13.0. The predicted molar refractivity (Wildman–Crippen MR) is 88.2 cm³/mol. The lowest BCUT2D eigenvalue weighted by molar-refractivity contribution is 0.0997. The van der Waals surface area contributed by atoms with Crippen LogP contribution in [0.25, 0.3) is 11.3 Å². The summed E-state index contributed by atoms with van der Waals surface area (Å²) >= 11 is 6.12. The summed E-state index contributed by atoms with van der Waals surface area (Å²) in [5.74, 6) is -0.0854. The van der Waals surface area contributed by atoms with Gasteiger partial charge in [-0.2, -0.15) is 0 Å². The summed E-state index contributed by atoms with van der Waals surface area (Å²) in [5.41, 5.74) is 1.88. The summed E-state index contributed by atoms with van der Waals surface area (Å²) in [6.45, 7) is 1.72. The number of aryl methyl sites for hydroxylation is 1. The number of rotatable bonds is 3. The molecule has 1 N–H and O–H groups in total. The molecule has 5 heteroatoms. The van der Waals surface area contributed by atoms with E-state index in [2.05, 4.69) is 5.32 Å². The number of hydrogen-bond donors (Lipinski definition) is 1. The third-order valence-electron chi connectivity index (χ3n) is 3.41. The second-order valence-electron chi connectivity index (χ2n) is 5.06. The van der Waals surface area contributed by atoms with Crippen molar-refractivity contribution in [2.75, 3.05) is 5.32 Å². The fraction of sp³-hybridized carbons (Fsp3) is 0.0556. The van der Waals surface area contributed by atoms with Gasteiger partial charge in [0.05, 0.1) is 5.02 Å². The summed E-state index contributed by atoms with van der Waals surface area (Å²) in [4.78, 5) is 12.2. The van der Waals surface area contributed by atoms with Crippen molar-refractivity contribution in [3.05, 3.63) is 76.8 Å². The van der Waals surface area contributed by atoms with E-state index < -0.39 is 5.91 Å². The smallest absolute Gasteiger partial charge is 0.291 e. The van der Waals surface area contributed by atoms with E-state index in [4.69, 9.17) is 16.0 Å². The summed E-state index contributed by atoms with van der Waals surface area (Å²) < 4.78 is 18.7. The summed E-state index contributed by atoms with van der Waals surface area (Å²) in [6, 6.07) is 14.6. The molecule has 2 aromatic carbocycles. The van der Waals surface area contributed by atoms with Gasteiger partial charge >= 0.3 is 0 Å². The van der Waals surface area contributed by atoms with Gasteiger partial charge in [-0.05, 0) is 55.0 Å². The van der Waals surface area contributed by atoms with Crippen LogP contribution in [0, 0.1) is 12.7 Å².